The number of hydrogen-bond donors (Lipinski definition) is 5. The zero-order valence-electron chi connectivity index (χ0n) is 23.7. The first-order valence-electron chi connectivity index (χ1n) is 13.3. The first kappa shape index (κ1) is 35.1. The lowest BCUT2D eigenvalue weighted by atomic mass is 10.1. The van der Waals surface area contributed by atoms with Gasteiger partial charge in [0.05, 0.1) is 11.3 Å². The van der Waals surface area contributed by atoms with Crippen molar-refractivity contribution in [2.24, 2.45) is 0 Å². The normalized spacial score (nSPS) is 12.7. The van der Waals surface area contributed by atoms with Gasteiger partial charge in [-0.2, -0.15) is 23.5 Å². The molecule has 4 amide bonds. The summed E-state index contributed by atoms with van der Waals surface area (Å²) < 4.78 is 0. The molecule has 5 N–H and O–H groups in total. The van der Waals surface area contributed by atoms with Crippen molar-refractivity contribution in [1.29, 1.82) is 0 Å². The van der Waals surface area contributed by atoms with Gasteiger partial charge in [-0.1, -0.05) is 30.3 Å². The number of imide groups is 1. The largest absolute Gasteiger partial charge is 0.481 e. The summed E-state index contributed by atoms with van der Waals surface area (Å²) in [6, 6.07) is 12.1. The van der Waals surface area contributed by atoms with Crippen molar-refractivity contribution in [1.82, 2.24) is 16.0 Å². The smallest absolute Gasteiger partial charge is 0.303 e. The van der Waals surface area contributed by atoms with E-state index in [-0.39, 0.29) is 30.7 Å². The van der Waals surface area contributed by atoms with Crippen molar-refractivity contribution in [2.75, 3.05) is 23.1 Å². The molecule has 0 aliphatic heterocycles. The summed E-state index contributed by atoms with van der Waals surface area (Å²) in [5, 5.41) is 30.1. The van der Waals surface area contributed by atoms with Crippen LogP contribution in [0.5, 0.6) is 0 Å². The van der Waals surface area contributed by atoms with Crippen LogP contribution < -0.4 is 21.3 Å². The molecule has 0 heterocycles. The van der Waals surface area contributed by atoms with Gasteiger partial charge in [0.15, 0.2) is 0 Å². The minimum Gasteiger partial charge on any atom is -0.481 e. The van der Waals surface area contributed by atoms with E-state index in [1.54, 1.807) is 0 Å². The molecule has 2 aromatic carbocycles. The minimum atomic E-state index is -1.15. The topological polar surface area (TPSA) is 197 Å². The number of carboxylic acids is 1. The number of carbonyl (C=O) groups is 5. The number of rotatable bonds is 18. The number of benzene rings is 2. The van der Waals surface area contributed by atoms with Crippen molar-refractivity contribution < 1.29 is 34.0 Å². The number of carbonyl (C=O) groups excluding carboxylic acids is 4. The molecule has 2 rings (SSSR count). The standard InChI is InChI=1S/C28H35N5O8S2/c1-18(29-24(34)12-13-25(35)36)26(37)31-22(14-15-42-2)27(38)32-28(39)23(17-43-16-19-6-4-3-5-7-19)30-20-8-10-21(11-9-20)33(40)41/h3-11,18,22-23,30H,12-17H2,1-2H3,(H,29,34)(H,31,37)(H,35,36)(H,32,38,39)/t18-,22-,23-/m0/s1. The average Bonchev–Trinajstić information content (AvgIpc) is 2.98. The molecule has 2 aromatic rings. The summed E-state index contributed by atoms with van der Waals surface area (Å²) >= 11 is 2.89. The van der Waals surface area contributed by atoms with Crippen molar-refractivity contribution in [3.63, 3.8) is 0 Å². The van der Waals surface area contributed by atoms with Crippen LogP contribution in [-0.4, -0.2) is 75.5 Å². The molecule has 0 radical (unpaired) electrons. The monoisotopic (exact) mass is 633 g/mol. The number of aliphatic carboxylic acids is 1. The number of amides is 4. The summed E-state index contributed by atoms with van der Waals surface area (Å²) in [6.07, 6.45) is 1.33. The number of non-ortho nitro benzene ring substituents is 1. The molecule has 43 heavy (non-hydrogen) atoms. The van der Waals surface area contributed by atoms with Crippen LogP contribution in [-0.2, 0) is 29.7 Å². The predicted molar refractivity (Wildman–Crippen MR) is 166 cm³/mol. The zero-order valence-corrected chi connectivity index (χ0v) is 25.4. The molecular weight excluding hydrogens is 598 g/mol. The zero-order chi connectivity index (χ0) is 31.8. The van der Waals surface area contributed by atoms with Crippen LogP contribution in [0.4, 0.5) is 11.4 Å². The molecule has 0 unspecified atom stereocenters. The van der Waals surface area contributed by atoms with Crippen LogP contribution in [0.2, 0.25) is 0 Å². The van der Waals surface area contributed by atoms with Crippen LogP contribution in [0.25, 0.3) is 0 Å². The molecule has 13 nitrogen and oxygen atoms in total. The minimum absolute atomic E-state index is 0.111. The fourth-order valence-corrected chi connectivity index (χ4v) is 5.12. The summed E-state index contributed by atoms with van der Waals surface area (Å²) in [4.78, 5) is 72.3. The average molecular weight is 634 g/mol. The van der Waals surface area contributed by atoms with E-state index in [0.717, 1.165) is 5.56 Å². The highest BCUT2D eigenvalue weighted by molar-refractivity contribution is 7.98. The molecule has 0 aromatic heterocycles. The molecule has 0 aliphatic rings. The number of nitrogens with zero attached hydrogens (tertiary/aromatic N) is 1. The Morgan fingerprint density at radius 1 is 0.907 bits per heavy atom. The maximum atomic E-state index is 13.3. The Morgan fingerprint density at radius 3 is 2.16 bits per heavy atom. The lowest BCUT2D eigenvalue weighted by Gasteiger charge is -2.23. The molecule has 0 spiro atoms. The third-order valence-electron chi connectivity index (χ3n) is 5.96. The van der Waals surface area contributed by atoms with Gasteiger partial charge in [-0.3, -0.25) is 39.4 Å². The Labute approximate surface area is 257 Å². The van der Waals surface area contributed by atoms with Gasteiger partial charge in [-0.15, -0.1) is 0 Å². The van der Waals surface area contributed by atoms with Crippen molar-refractivity contribution >= 4 is 64.5 Å². The van der Waals surface area contributed by atoms with Gasteiger partial charge in [0.25, 0.3) is 5.69 Å². The second-order valence-corrected chi connectivity index (χ2v) is 11.4. The van der Waals surface area contributed by atoms with Crippen molar-refractivity contribution in [3.8, 4) is 0 Å². The van der Waals surface area contributed by atoms with Crippen LogP contribution in [0.15, 0.2) is 54.6 Å². The predicted octanol–water partition coefficient (Wildman–Crippen LogP) is 2.56. The van der Waals surface area contributed by atoms with Crippen LogP contribution in [0.3, 0.4) is 0 Å². The maximum absolute atomic E-state index is 13.3. The molecule has 0 bridgehead atoms. The van der Waals surface area contributed by atoms with E-state index in [1.807, 2.05) is 36.6 Å². The summed E-state index contributed by atoms with van der Waals surface area (Å²) in [6.45, 7) is 1.40. The SMILES string of the molecule is CSCC[C@H](NC(=O)[C@H](C)NC(=O)CCC(=O)O)C(=O)NC(=O)[C@H](CSCc1ccccc1)Nc1ccc([N+](=O)[O-])cc1. The van der Waals surface area contributed by atoms with E-state index >= 15 is 0 Å². The molecule has 0 aliphatic carbocycles. The summed E-state index contributed by atoms with van der Waals surface area (Å²) in [5.74, 6) is -2.48. The lowest BCUT2D eigenvalue weighted by molar-refractivity contribution is -0.384. The second-order valence-electron chi connectivity index (χ2n) is 9.38. The van der Waals surface area contributed by atoms with E-state index < -0.39 is 52.6 Å². The molecule has 0 saturated carbocycles. The Bertz CT molecular complexity index is 1260. The highest BCUT2D eigenvalue weighted by atomic mass is 32.2. The first-order chi connectivity index (χ1) is 20.5. The Morgan fingerprint density at radius 2 is 1.56 bits per heavy atom. The molecule has 232 valence electrons. The van der Waals surface area contributed by atoms with Crippen LogP contribution >= 0.6 is 23.5 Å². The maximum Gasteiger partial charge on any atom is 0.303 e. The van der Waals surface area contributed by atoms with Gasteiger partial charge in [0.1, 0.15) is 18.1 Å². The van der Waals surface area contributed by atoms with E-state index in [9.17, 15) is 34.1 Å². The fraction of sp³-hybridized carbons (Fsp3) is 0.393. The highest BCUT2D eigenvalue weighted by Crippen LogP contribution is 2.19. The van der Waals surface area contributed by atoms with Crippen LogP contribution in [0.1, 0.15) is 31.7 Å². The number of nitro groups is 1. The van der Waals surface area contributed by atoms with Gasteiger partial charge in [-0.05, 0) is 43.0 Å². The number of anilines is 1. The van der Waals surface area contributed by atoms with E-state index in [4.69, 9.17) is 5.11 Å². The lowest BCUT2D eigenvalue weighted by Crippen LogP contribution is -2.55. The number of nitro benzene ring substituents is 1. The number of hydrogen-bond acceptors (Lipinski definition) is 10. The number of nitrogens with one attached hydrogen (secondary N) is 4. The third kappa shape index (κ3) is 13.2. The summed E-state index contributed by atoms with van der Waals surface area (Å²) in [5.41, 5.74) is 1.38. The van der Waals surface area contributed by atoms with Crippen LogP contribution in [0, 0.1) is 10.1 Å². The Kier molecular flexibility index (Phi) is 15.0. The Balaban J connectivity index is 2.10. The molecule has 15 heteroatoms. The van der Waals surface area contributed by atoms with E-state index in [2.05, 4.69) is 21.3 Å². The second kappa shape index (κ2) is 18.4. The molecule has 0 fully saturated rings. The molecule has 3 atom stereocenters. The van der Waals surface area contributed by atoms with Gasteiger partial charge >= 0.3 is 5.97 Å². The molecule has 0 saturated heterocycles. The van der Waals surface area contributed by atoms with Crippen molar-refractivity contribution in [3.05, 3.63) is 70.3 Å². The highest BCUT2D eigenvalue weighted by Gasteiger charge is 2.28. The van der Waals surface area contributed by atoms with Gasteiger partial charge in [0.2, 0.25) is 23.6 Å². The fourth-order valence-electron chi connectivity index (χ4n) is 3.63. The van der Waals surface area contributed by atoms with Crippen molar-refractivity contribution in [2.45, 2.75) is 50.1 Å². The molecular formula is C28H35N5O8S2. The third-order valence-corrected chi connectivity index (χ3v) is 7.71. The van der Waals surface area contributed by atoms with E-state index in [1.165, 1.54) is 54.7 Å². The van der Waals surface area contributed by atoms with Gasteiger partial charge in [-0.25, -0.2) is 0 Å². The number of thioether (sulfide) groups is 2. The van der Waals surface area contributed by atoms with Gasteiger partial charge < -0.3 is 21.1 Å². The number of carboxylic acid groups (broad SMARTS) is 1. The quantitative estimate of drug-likeness (QED) is 0.119. The summed E-state index contributed by atoms with van der Waals surface area (Å²) in [7, 11) is 0. The van der Waals surface area contributed by atoms with Gasteiger partial charge in [0, 0.05) is 35.7 Å². The Hall–Kier alpha value is -4.11. The van der Waals surface area contributed by atoms with E-state index in [0.29, 0.717) is 17.2 Å². The first-order valence-corrected chi connectivity index (χ1v) is 15.8.